The Bertz CT molecular complexity index is 1810. The van der Waals surface area contributed by atoms with E-state index in [9.17, 15) is 24.3 Å². The topological polar surface area (TPSA) is 188 Å². The fraction of sp³-hybridized carbons (Fsp3) is 0.750. The molecule has 3 aliphatic rings. The number of aliphatic hydroxyl groups excluding tert-OH is 1. The van der Waals surface area contributed by atoms with Gasteiger partial charge in [-0.2, -0.15) is 0 Å². The Morgan fingerprint density at radius 3 is 2.38 bits per heavy atom. The quantitative estimate of drug-likeness (QED) is 0.191. The largest absolute Gasteiger partial charge is 0.458 e. The van der Waals surface area contributed by atoms with E-state index in [1.165, 1.54) is 13.8 Å². The van der Waals surface area contributed by atoms with Gasteiger partial charge in [-0.15, -0.1) is 5.10 Å². The smallest absolute Gasteiger partial charge is 0.410 e. The molecule has 2 aromatic rings. The second kappa shape index (κ2) is 20.0. The summed E-state index contributed by atoms with van der Waals surface area (Å²) in [6, 6.07) is 4.00. The molecule has 1 N–H and O–H groups in total. The van der Waals surface area contributed by atoms with Crippen LogP contribution in [0.1, 0.15) is 94.4 Å². The van der Waals surface area contributed by atoms with Crippen LogP contribution in [0.4, 0.5) is 4.79 Å². The number of carbonyl (C=O) groups excluding carboxylic acids is 4. The third-order valence-electron chi connectivity index (χ3n) is 13.2. The Labute approximate surface area is 360 Å². The van der Waals surface area contributed by atoms with Crippen molar-refractivity contribution in [3.8, 4) is 11.4 Å². The number of aryl methyl sites for hydroxylation is 1. The van der Waals surface area contributed by atoms with Gasteiger partial charge in [-0.3, -0.25) is 28.9 Å². The molecule has 340 valence electrons. The van der Waals surface area contributed by atoms with E-state index in [4.69, 9.17) is 23.7 Å². The zero-order valence-corrected chi connectivity index (χ0v) is 38.1. The molecule has 17 nitrogen and oxygen atoms in total. The van der Waals surface area contributed by atoms with Crippen LogP contribution >= 0.6 is 0 Å². The Morgan fingerprint density at radius 2 is 1.75 bits per heavy atom. The summed E-state index contributed by atoms with van der Waals surface area (Å²) in [7, 11) is 5.31. The van der Waals surface area contributed by atoms with Crippen molar-refractivity contribution >= 4 is 23.8 Å². The zero-order valence-electron chi connectivity index (χ0n) is 38.1. The van der Waals surface area contributed by atoms with Gasteiger partial charge in [0.05, 0.1) is 41.8 Å². The number of ether oxygens (including phenoxy) is 5. The predicted molar refractivity (Wildman–Crippen MR) is 225 cm³/mol. The summed E-state index contributed by atoms with van der Waals surface area (Å²) in [5, 5.41) is 20.0. The summed E-state index contributed by atoms with van der Waals surface area (Å²) in [6.45, 7) is 17.0. The van der Waals surface area contributed by atoms with Gasteiger partial charge in [-0.05, 0) is 98.9 Å². The minimum atomic E-state index is -1.39. The molecular formula is C44H69N7O10. The van der Waals surface area contributed by atoms with Gasteiger partial charge in [-0.1, -0.05) is 32.1 Å². The number of ketones is 1. The van der Waals surface area contributed by atoms with Crippen LogP contribution in [0.25, 0.3) is 11.4 Å². The van der Waals surface area contributed by atoms with Crippen LogP contribution in [0.2, 0.25) is 0 Å². The molecule has 17 heteroatoms. The number of cyclic esters (lactones) is 1. The van der Waals surface area contributed by atoms with Crippen molar-refractivity contribution in [3.63, 3.8) is 0 Å². The van der Waals surface area contributed by atoms with Gasteiger partial charge in [0.15, 0.2) is 17.7 Å². The predicted octanol–water partition coefficient (Wildman–Crippen LogP) is 4.36. The van der Waals surface area contributed by atoms with Crippen molar-refractivity contribution < 1.29 is 48.0 Å². The van der Waals surface area contributed by atoms with Crippen molar-refractivity contribution in [2.75, 3.05) is 34.3 Å². The van der Waals surface area contributed by atoms with Crippen LogP contribution < -0.4 is 0 Å². The summed E-state index contributed by atoms with van der Waals surface area (Å²) in [4.78, 5) is 66.0. The number of unbranched alkanes of at least 4 members (excludes halogenated alkanes) is 1. The maximum atomic E-state index is 14.5. The van der Waals surface area contributed by atoms with E-state index in [0.29, 0.717) is 44.5 Å². The average Bonchev–Trinajstić information content (AvgIpc) is 3.80. The van der Waals surface area contributed by atoms with Crippen molar-refractivity contribution in [1.82, 2.24) is 34.7 Å². The van der Waals surface area contributed by atoms with Gasteiger partial charge < -0.3 is 38.6 Å². The lowest BCUT2D eigenvalue weighted by Crippen LogP contribution is -2.62. The summed E-state index contributed by atoms with van der Waals surface area (Å²) in [6.07, 6.45) is 1.02. The van der Waals surface area contributed by atoms with E-state index in [2.05, 4.69) is 15.3 Å². The van der Waals surface area contributed by atoms with Gasteiger partial charge in [0.2, 0.25) is 5.91 Å². The highest BCUT2D eigenvalue weighted by molar-refractivity contribution is 6.00. The Morgan fingerprint density at radius 1 is 1.05 bits per heavy atom. The molecule has 0 aliphatic carbocycles. The van der Waals surface area contributed by atoms with Gasteiger partial charge >= 0.3 is 12.1 Å². The number of carbonyl (C=O) groups is 4. The van der Waals surface area contributed by atoms with Crippen LogP contribution in [0.5, 0.6) is 0 Å². The average molecular weight is 856 g/mol. The second-order valence-electron chi connectivity index (χ2n) is 18.1. The van der Waals surface area contributed by atoms with Crippen molar-refractivity contribution in [3.05, 3.63) is 30.6 Å². The number of rotatable bonds is 11. The van der Waals surface area contributed by atoms with E-state index in [0.717, 1.165) is 5.69 Å². The molecule has 0 saturated carbocycles. The molecule has 3 aliphatic heterocycles. The highest BCUT2D eigenvalue weighted by Gasteiger charge is 2.60. The molecule has 5 rings (SSSR count). The monoisotopic (exact) mass is 856 g/mol. The van der Waals surface area contributed by atoms with Gasteiger partial charge in [0.25, 0.3) is 0 Å². The number of fused-ring (bicyclic) bond motifs is 1. The van der Waals surface area contributed by atoms with Crippen molar-refractivity contribution in [1.29, 1.82) is 0 Å². The molecule has 0 spiro atoms. The number of esters is 1. The number of amides is 2. The summed E-state index contributed by atoms with van der Waals surface area (Å²) >= 11 is 0. The van der Waals surface area contributed by atoms with Crippen LogP contribution in [-0.4, -0.2) is 158 Å². The van der Waals surface area contributed by atoms with Crippen molar-refractivity contribution in [2.45, 2.75) is 161 Å². The van der Waals surface area contributed by atoms with E-state index in [-0.39, 0.29) is 36.9 Å². The third-order valence-corrected chi connectivity index (χ3v) is 13.2. The van der Waals surface area contributed by atoms with Crippen LogP contribution in [0.15, 0.2) is 30.6 Å². The molecular weight excluding hydrogens is 787 g/mol. The van der Waals surface area contributed by atoms with E-state index in [1.54, 1.807) is 41.6 Å². The molecule has 5 heterocycles. The maximum absolute atomic E-state index is 14.5. The van der Waals surface area contributed by atoms with Crippen LogP contribution in [0.3, 0.4) is 0 Å². The Hall–Kier alpha value is -4.03. The highest BCUT2D eigenvalue weighted by Crippen LogP contribution is 2.41. The van der Waals surface area contributed by atoms with Crippen LogP contribution in [-0.2, 0) is 44.6 Å². The summed E-state index contributed by atoms with van der Waals surface area (Å²) < 4.78 is 33.3. The molecule has 61 heavy (non-hydrogen) atoms. The first-order valence-corrected chi connectivity index (χ1v) is 21.8. The second-order valence-corrected chi connectivity index (χ2v) is 18.1. The number of aliphatic hydroxyl groups is 1. The Balaban J connectivity index is 1.46. The molecule has 0 radical (unpaired) electrons. The maximum Gasteiger partial charge on any atom is 0.410 e. The normalized spacial score (nSPS) is 35.6. The molecule has 2 amide bonds. The number of nitrogens with zero attached hydrogens (tertiary/aromatic N) is 7. The lowest BCUT2D eigenvalue weighted by atomic mass is 9.78. The number of methoxy groups -OCH3 is 1. The number of pyridine rings is 1. The molecule has 13 atom stereocenters. The first-order valence-electron chi connectivity index (χ1n) is 21.8. The highest BCUT2D eigenvalue weighted by atomic mass is 16.7. The molecule has 3 saturated heterocycles. The fourth-order valence-corrected chi connectivity index (χ4v) is 9.81. The Kier molecular flexibility index (Phi) is 15.7. The standard InChI is InChI=1S/C44H69N7O10/c1-13-35-44(9)38(50(42(56)61-44)21-17-16-20-49-25-33(46-47-49)32-18-14-15-19-45-32)30(6)51(31(7)52)24-26(2)23-43(8,57-12)39(28(4)36(53)29(5)40(55)59-35)60-41-37(54)34(48(10)11)22-27(3)58-41/h14-15,18-19,25-30,34-35,37-39,41,54H,13,16-17,20-24H2,1-12H3/t26-,27?,28-,29-,30-,34?,35-,37?,38-,39-,41+,43-,44-/m1/s1. The summed E-state index contributed by atoms with van der Waals surface area (Å²) in [5.41, 5.74) is -1.18. The summed E-state index contributed by atoms with van der Waals surface area (Å²) in [5.74, 6) is -3.82. The number of hydrogen-bond donors (Lipinski definition) is 1. The number of Topliss-reactive ketones (excluding diaryl/α,β-unsaturated/α-hetero) is 1. The minimum absolute atomic E-state index is 0.211. The first kappa shape index (κ1) is 48.0. The number of aromatic nitrogens is 4. The zero-order chi connectivity index (χ0) is 45.0. The minimum Gasteiger partial charge on any atom is -0.458 e. The van der Waals surface area contributed by atoms with E-state index in [1.807, 2.05) is 78.0 Å². The fourth-order valence-electron chi connectivity index (χ4n) is 9.81. The van der Waals surface area contributed by atoms with Gasteiger partial charge in [-0.25, -0.2) is 4.79 Å². The SMILES string of the molecule is CC[C@H]1OC(=O)[C@H](C)C(=O)[C@@H](C)[C@@H](O[C@@H]2OC(C)CC(N(C)C)C2O)[C@](C)(OC)C[C@@H](C)CN(C(C)=O)[C@H](C)[C@H]2N(CCCCn3cc(-c4ccccn4)nn3)C(=O)O[C@]12C. The third kappa shape index (κ3) is 10.4. The number of likely N-dealkylation sites (N-methyl/N-ethyl adjacent to an activating group) is 1. The lowest BCUT2D eigenvalue weighted by Gasteiger charge is -2.47. The van der Waals surface area contributed by atoms with E-state index >= 15 is 0 Å². The lowest BCUT2D eigenvalue weighted by molar-refractivity contribution is -0.295. The molecule has 2 aromatic heterocycles. The van der Waals surface area contributed by atoms with Gasteiger partial charge in [0.1, 0.15) is 23.8 Å². The molecule has 3 unspecified atom stereocenters. The van der Waals surface area contributed by atoms with E-state index < -0.39 is 77.6 Å². The first-order chi connectivity index (χ1) is 28.8. The van der Waals surface area contributed by atoms with Crippen LogP contribution in [0, 0.1) is 17.8 Å². The number of hydrogen-bond acceptors (Lipinski definition) is 14. The van der Waals surface area contributed by atoms with Crippen molar-refractivity contribution in [2.24, 2.45) is 17.8 Å². The molecule has 3 fully saturated rings. The molecule has 0 aromatic carbocycles. The molecule has 0 bridgehead atoms. The van der Waals surface area contributed by atoms with Gasteiger partial charge in [0, 0.05) is 51.8 Å².